The van der Waals surface area contributed by atoms with E-state index in [-0.39, 0.29) is 0 Å². The first-order valence-electron chi connectivity index (χ1n) is 8.19. The first-order valence-corrected chi connectivity index (χ1v) is 8.19. The van der Waals surface area contributed by atoms with E-state index in [1.165, 1.54) is 69.8 Å². The van der Waals surface area contributed by atoms with Gasteiger partial charge in [0.05, 0.1) is 0 Å². The third-order valence-electron chi connectivity index (χ3n) is 5.10. The highest BCUT2D eigenvalue weighted by Crippen LogP contribution is 2.35. The van der Waals surface area contributed by atoms with E-state index >= 15 is 0 Å². The van der Waals surface area contributed by atoms with Crippen LogP contribution in [0, 0.1) is 13.8 Å². The highest BCUT2D eigenvalue weighted by atomic mass is 14.2. The van der Waals surface area contributed by atoms with Gasteiger partial charge in [-0.05, 0) is 102 Å². The molecule has 2 aromatic rings. The molecule has 4 rings (SSSR count). The number of benzene rings is 2. The molecule has 2 aliphatic rings. The second-order valence-electron chi connectivity index (χ2n) is 6.39. The monoisotopic (exact) mass is 284 g/mol. The number of fused-ring (bicyclic) bond motifs is 2. The Morgan fingerprint density at radius 3 is 2.27 bits per heavy atom. The van der Waals surface area contributed by atoms with E-state index in [0.29, 0.717) is 0 Å². The molecule has 0 nitrogen and oxygen atoms in total. The van der Waals surface area contributed by atoms with Gasteiger partial charge in [0.1, 0.15) is 0 Å². The van der Waals surface area contributed by atoms with Crippen molar-refractivity contribution in [1.82, 2.24) is 0 Å². The maximum atomic E-state index is 3.11. The molecule has 0 bridgehead atoms. The molecule has 0 saturated heterocycles. The first kappa shape index (κ1) is 13.4. The lowest BCUT2D eigenvalue weighted by atomic mass is 9.86. The Hall–Kier alpha value is -2.26. The van der Waals surface area contributed by atoms with Gasteiger partial charge in [0.25, 0.3) is 0 Å². The number of hydrogen-bond donors (Lipinski definition) is 0. The molecule has 0 radical (unpaired) electrons. The van der Waals surface area contributed by atoms with E-state index in [1.807, 2.05) is 0 Å². The summed E-state index contributed by atoms with van der Waals surface area (Å²) >= 11 is 0. The quantitative estimate of drug-likeness (QED) is 0.466. The van der Waals surface area contributed by atoms with Gasteiger partial charge in [0.15, 0.2) is 0 Å². The third-order valence-corrected chi connectivity index (χ3v) is 5.10. The number of allylic oxidation sites excluding steroid dienone is 2. The van der Waals surface area contributed by atoms with Crippen molar-refractivity contribution in [3.05, 3.63) is 63.6 Å². The van der Waals surface area contributed by atoms with Gasteiger partial charge in [0.2, 0.25) is 0 Å². The Morgan fingerprint density at radius 2 is 1.59 bits per heavy atom. The van der Waals surface area contributed by atoms with E-state index in [2.05, 4.69) is 61.7 Å². The van der Waals surface area contributed by atoms with E-state index in [0.717, 1.165) is 0 Å². The molecule has 2 aliphatic carbocycles. The van der Waals surface area contributed by atoms with Crippen LogP contribution in [0.2, 0.25) is 0 Å². The fraction of sp³-hybridized carbons (Fsp3) is 0.273. The van der Waals surface area contributed by atoms with Gasteiger partial charge in [-0.2, -0.15) is 0 Å². The Balaban J connectivity index is 1.98. The van der Waals surface area contributed by atoms with Gasteiger partial charge < -0.3 is 0 Å². The van der Waals surface area contributed by atoms with Crippen molar-refractivity contribution in [3.8, 4) is 0 Å². The molecular formula is C22H20. The zero-order chi connectivity index (χ0) is 15.1. The standard InChI is InChI=1S/C22H20/c1-15-19-10-6-7-11-20(19)16(2)22-14-18(12-13-21(15)22)17-8-4-3-5-9-17/h8,10-14H,3-5,9H2,1-2H3. The van der Waals surface area contributed by atoms with E-state index in [9.17, 15) is 0 Å². The van der Waals surface area contributed by atoms with Crippen LogP contribution in [0.1, 0.15) is 53.5 Å². The van der Waals surface area contributed by atoms with E-state index in [1.54, 1.807) is 0 Å². The second kappa shape index (κ2) is 5.18. The molecule has 0 N–H and O–H groups in total. The molecule has 0 atom stereocenters. The van der Waals surface area contributed by atoms with Gasteiger partial charge in [-0.25, -0.2) is 0 Å². The normalized spacial score (nSPS) is 16.0. The largest absolute Gasteiger partial charge is 0.0807 e. The highest BCUT2D eigenvalue weighted by Gasteiger charge is 2.14. The van der Waals surface area contributed by atoms with Crippen molar-refractivity contribution in [2.75, 3.05) is 0 Å². The predicted molar refractivity (Wildman–Crippen MR) is 95.8 cm³/mol. The number of rotatable bonds is 1. The predicted octanol–water partition coefficient (Wildman–Crippen LogP) is 6.21. The van der Waals surface area contributed by atoms with E-state index < -0.39 is 0 Å². The summed E-state index contributed by atoms with van der Waals surface area (Å²) < 4.78 is 0. The zero-order valence-corrected chi connectivity index (χ0v) is 13.3. The molecule has 2 aromatic carbocycles. The molecule has 0 spiro atoms. The molecule has 22 heavy (non-hydrogen) atoms. The van der Waals surface area contributed by atoms with Crippen molar-refractivity contribution >= 4 is 28.5 Å². The molecule has 0 aliphatic heterocycles. The summed E-state index contributed by atoms with van der Waals surface area (Å²) in [6, 6.07) is 7.00. The summed E-state index contributed by atoms with van der Waals surface area (Å²) in [6.07, 6.45) is 11.7. The van der Waals surface area contributed by atoms with Crippen LogP contribution in [-0.4, -0.2) is 0 Å². The second-order valence-corrected chi connectivity index (χ2v) is 6.39. The van der Waals surface area contributed by atoms with Crippen molar-refractivity contribution in [2.24, 2.45) is 0 Å². The van der Waals surface area contributed by atoms with Crippen molar-refractivity contribution in [2.45, 2.75) is 39.5 Å². The van der Waals surface area contributed by atoms with Crippen LogP contribution in [0.25, 0.3) is 28.5 Å². The lowest BCUT2D eigenvalue weighted by molar-refractivity contribution is 0.742. The Bertz CT molecular complexity index is 909. The van der Waals surface area contributed by atoms with Crippen LogP contribution in [0.4, 0.5) is 0 Å². The lowest BCUT2D eigenvalue weighted by Gasteiger charge is -2.18. The van der Waals surface area contributed by atoms with Crippen molar-refractivity contribution in [3.63, 3.8) is 0 Å². The minimum atomic E-state index is 1.22. The summed E-state index contributed by atoms with van der Waals surface area (Å²) in [5.41, 5.74) is 14.5. The van der Waals surface area contributed by atoms with Crippen LogP contribution >= 0.6 is 0 Å². The fourth-order valence-electron chi connectivity index (χ4n) is 3.78. The summed E-state index contributed by atoms with van der Waals surface area (Å²) in [5.74, 6) is 0. The first-order chi connectivity index (χ1) is 10.8. The lowest BCUT2D eigenvalue weighted by Crippen LogP contribution is -1.97. The van der Waals surface area contributed by atoms with Crippen molar-refractivity contribution < 1.29 is 0 Å². The molecule has 0 heterocycles. The average Bonchev–Trinajstić information content (AvgIpc) is 2.60. The summed E-state index contributed by atoms with van der Waals surface area (Å²) in [4.78, 5) is 0. The zero-order valence-electron chi connectivity index (χ0n) is 13.3. The van der Waals surface area contributed by atoms with Gasteiger partial charge in [-0.15, -0.1) is 0 Å². The maximum absolute atomic E-state index is 3.11. The molecule has 0 aromatic heterocycles. The summed E-state index contributed by atoms with van der Waals surface area (Å²) in [7, 11) is 0. The maximum Gasteiger partial charge on any atom is -0.00335 e. The molecular weight excluding hydrogens is 264 g/mol. The smallest absolute Gasteiger partial charge is 0.00335 e. The van der Waals surface area contributed by atoms with Crippen LogP contribution < -0.4 is 0 Å². The summed E-state index contributed by atoms with van der Waals surface area (Å²) in [6.45, 7) is 4.45. The van der Waals surface area contributed by atoms with Crippen LogP contribution in [0.5, 0.6) is 0 Å². The topological polar surface area (TPSA) is 0 Å². The van der Waals surface area contributed by atoms with Gasteiger partial charge >= 0.3 is 0 Å². The summed E-state index contributed by atoms with van der Waals surface area (Å²) in [5, 5.41) is 2.75. The molecule has 0 unspecified atom stereocenters. The molecule has 0 heteroatoms. The van der Waals surface area contributed by atoms with Crippen LogP contribution in [-0.2, 0) is 0 Å². The molecule has 0 saturated carbocycles. The fourth-order valence-corrected chi connectivity index (χ4v) is 3.78. The molecule has 0 fully saturated rings. The minimum absolute atomic E-state index is 1.22. The number of hydrogen-bond acceptors (Lipinski definition) is 0. The van der Waals surface area contributed by atoms with Crippen molar-refractivity contribution in [1.29, 1.82) is 0 Å². The van der Waals surface area contributed by atoms with Gasteiger partial charge in [-0.1, -0.05) is 29.7 Å². The van der Waals surface area contributed by atoms with Crippen LogP contribution in [0.15, 0.2) is 35.7 Å². The Labute approximate surface area is 132 Å². The van der Waals surface area contributed by atoms with E-state index in [4.69, 9.17) is 0 Å². The Kier molecular flexibility index (Phi) is 3.16. The number of aryl methyl sites for hydroxylation is 2. The molecule has 108 valence electrons. The average molecular weight is 284 g/mol. The van der Waals surface area contributed by atoms with Gasteiger partial charge in [0, 0.05) is 0 Å². The highest BCUT2D eigenvalue weighted by molar-refractivity contribution is 5.97. The Morgan fingerprint density at radius 1 is 0.864 bits per heavy atom. The molecule has 0 amide bonds. The van der Waals surface area contributed by atoms with Gasteiger partial charge in [-0.3, -0.25) is 0 Å². The minimum Gasteiger partial charge on any atom is -0.0807 e. The SMILES string of the molecule is Cc1c2c(c(C)c3cc(C4=CCCCC4)ccc13)C=C=C=C2. The third kappa shape index (κ3) is 2.01. The van der Waals surface area contributed by atoms with Crippen LogP contribution in [0.3, 0.4) is 0 Å².